The molecular formula is C25H28FN3O5. The molecule has 2 heterocycles. The van der Waals surface area contributed by atoms with Crippen molar-refractivity contribution in [2.75, 3.05) is 38.6 Å². The summed E-state index contributed by atoms with van der Waals surface area (Å²) in [4.78, 5) is 39.4. The fourth-order valence-corrected chi connectivity index (χ4v) is 4.45. The number of ether oxygens (including phenoxy) is 1. The van der Waals surface area contributed by atoms with Gasteiger partial charge in [0, 0.05) is 32.4 Å². The Morgan fingerprint density at radius 3 is 2.85 bits per heavy atom. The average molecular weight is 470 g/mol. The van der Waals surface area contributed by atoms with E-state index in [1.54, 1.807) is 30.1 Å². The Labute approximate surface area is 197 Å². The lowest BCUT2D eigenvalue weighted by Crippen LogP contribution is -2.39. The van der Waals surface area contributed by atoms with Crippen LogP contribution in [0.15, 0.2) is 42.5 Å². The fraction of sp³-hybridized carbons (Fsp3) is 0.400. The number of carboxylic acid groups (broad SMARTS) is 1. The highest BCUT2D eigenvalue weighted by Gasteiger charge is 2.29. The number of likely N-dealkylation sites (N-methyl/N-ethyl adjacent to an activating group) is 1. The molecule has 2 aliphatic rings. The van der Waals surface area contributed by atoms with Gasteiger partial charge in [0.2, 0.25) is 11.8 Å². The van der Waals surface area contributed by atoms with Crippen LogP contribution in [-0.4, -0.2) is 72.2 Å². The minimum atomic E-state index is -1.08. The second kappa shape index (κ2) is 10.2. The number of alkyl halides is 1. The van der Waals surface area contributed by atoms with Crippen LogP contribution in [0.3, 0.4) is 0 Å². The van der Waals surface area contributed by atoms with E-state index >= 15 is 0 Å². The number of hydrogen-bond donors (Lipinski definition) is 2. The van der Waals surface area contributed by atoms with Gasteiger partial charge in [0.25, 0.3) is 0 Å². The van der Waals surface area contributed by atoms with Crippen LogP contribution in [0.1, 0.15) is 29.2 Å². The summed E-state index contributed by atoms with van der Waals surface area (Å²) in [6.07, 6.45) is 0.0786. The molecular weight excluding hydrogens is 441 g/mol. The first-order valence-electron chi connectivity index (χ1n) is 11.3. The monoisotopic (exact) mass is 469 g/mol. The molecule has 0 radical (unpaired) electrons. The van der Waals surface area contributed by atoms with E-state index in [0.717, 1.165) is 22.4 Å². The molecule has 180 valence electrons. The van der Waals surface area contributed by atoms with Crippen LogP contribution in [0.4, 0.5) is 10.1 Å². The molecule has 1 saturated heterocycles. The zero-order valence-electron chi connectivity index (χ0n) is 19.0. The number of rotatable bonds is 9. The predicted molar refractivity (Wildman–Crippen MR) is 124 cm³/mol. The van der Waals surface area contributed by atoms with E-state index in [0.29, 0.717) is 38.2 Å². The first-order chi connectivity index (χ1) is 16.3. The summed E-state index contributed by atoms with van der Waals surface area (Å²) >= 11 is 0. The molecule has 9 heteroatoms. The number of carbonyl (C=O) groups excluding carboxylic acids is 2. The number of halogens is 1. The second-order valence-corrected chi connectivity index (χ2v) is 8.81. The maximum atomic E-state index is 13.8. The molecule has 0 spiro atoms. The Kier molecular flexibility index (Phi) is 7.12. The summed E-state index contributed by atoms with van der Waals surface area (Å²) in [7, 11) is 1.72. The molecule has 0 saturated carbocycles. The number of carbonyl (C=O) groups is 3. The van der Waals surface area contributed by atoms with Gasteiger partial charge in [-0.1, -0.05) is 24.3 Å². The highest BCUT2D eigenvalue weighted by Crippen LogP contribution is 2.28. The van der Waals surface area contributed by atoms with Gasteiger partial charge in [0.1, 0.15) is 11.9 Å². The zero-order chi connectivity index (χ0) is 24.2. The molecule has 0 aromatic heterocycles. The number of aliphatic carboxylic acids is 1. The van der Waals surface area contributed by atoms with Gasteiger partial charge in [-0.05, 0) is 41.3 Å². The minimum Gasteiger partial charge on any atom is -0.482 e. The molecule has 2 aromatic carbocycles. The van der Waals surface area contributed by atoms with Crippen LogP contribution in [0.25, 0.3) is 0 Å². The Bertz CT molecular complexity index is 1090. The van der Waals surface area contributed by atoms with E-state index in [-0.39, 0.29) is 24.3 Å². The molecule has 2 atom stereocenters. The van der Waals surface area contributed by atoms with Crippen LogP contribution in [0.5, 0.6) is 5.75 Å². The number of nitrogens with zero attached hydrogens (tertiary/aromatic N) is 2. The van der Waals surface area contributed by atoms with Gasteiger partial charge in [0.15, 0.2) is 6.61 Å². The lowest BCUT2D eigenvalue weighted by Gasteiger charge is -2.32. The number of amides is 2. The van der Waals surface area contributed by atoms with Crippen LogP contribution in [0.2, 0.25) is 0 Å². The third kappa shape index (κ3) is 5.72. The molecule has 2 amide bonds. The van der Waals surface area contributed by atoms with Gasteiger partial charge in [-0.2, -0.15) is 0 Å². The van der Waals surface area contributed by atoms with Crippen molar-refractivity contribution in [3.63, 3.8) is 0 Å². The lowest BCUT2D eigenvalue weighted by molar-refractivity contribution is -0.139. The van der Waals surface area contributed by atoms with Crippen LogP contribution >= 0.6 is 0 Å². The van der Waals surface area contributed by atoms with Gasteiger partial charge in [-0.15, -0.1) is 0 Å². The van der Waals surface area contributed by atoms with E-state index in [1.807, 2.05) is 29.2 Å². The van der Waals surface area contributed by atoms with Crippen molar-refractivity contribution in [2.45, 2.75) is 31.5 Å². The van der Waals surface area contributed by atoms with Gasteiger partial charge in [-0.3, -0.25) is 14.5 Å². The largest absolute Gasteiger partial charge is 0.482 e. The van der Waals surface area contributed by atoms with Crippen molar-refractivity contribution in [1.29, 1.82) is 0 Å². The van der Waals surface area contributed by atoms with Gasteiger partial charge in [-0.25, -0.2) is 9.18 Å². The van der Waals surface area contributed by atoms with Crippen molar-refractivity contribution in [1.82, 2.24) is 9.80 Å². The van der Waals surface area contributed by atoms with Gasteiger partial charge < -0.3 is 20.1 Å². The van der Waals surface area contributed by atoms with Crippen molar-refractivity contribution >= 4 is 23.5 Å². The summed E-state index contributed by atoms with van der Waals surface area (Å²) in [6, 6.07) is 12.2. The van der Waals surface area contributed by atoms with Crippen molar-refractivity contribution in [2.24, 2.45) is 0 Å². The molecule has 8 nitrogen and oxygen atoms in total. The molecule has 1 fully saturated rings. The highest BCUT2D eigenvalue weighted by atomic mass is 19.1. The third-order valence-corrected chi connectivity index (χ3v) is 6.27. The molecule has 4 rings (SSSR count). The van der Waals surface area contributed by atoms with Gasteiger partial charge >= 0.3 is 5.97 Å². The molecule has 0 aliphatic carbocycles. The molecule has 0 bridgehead atoms. The molecule has 2 N–H and O–H groups in total. The van der Waals surface area contributed by atoms with Gasteiger partial charge in [0.05, 0.1) is 18.9 Å². The fourth-order valence-electron chi connectivity index (χ4n) is 4.45. The zero-order valence-corrected chi connectivity index (χ0v) is 19.0. The van der Waals surface area contributed by atoms with E-state index in [9.17, 15) is 18.8 Å². The van der Waals surface area contributed by atoms with E-state index in [2.05, 4.69) is 5.32 Å². The number of anilines is 1. The minimum absolute atomic E-state index is 0.0579. The predicted octanol–water partition coefficient (Wildman–Crippen LogP) is 2.43. The van der Waals surface area contributed by atoms with E-state index in [4.69, 9.17) is 9.84 Å². The summed E-state index contributed by atoms with van der Waals surface area (Å²) in [5.41, 5.74) is 3.23. The number of nitrogens with one attached hydrogen (secondary N) is 1. The smallest absolute Gasteiger partial charge is 0.341 e. The Morgan fingerprint density at radius 1 is 1.29 bits per heavy atom. The maximum absolute atomic E-state index is 13.8. The van der Waals surface area contributed by atoms with Crippen LogP contribution in [0, 0.1) is 0 Å². The average Bonchev–Trinajstić information content (AvgIpc) is 3.39. The standard InChI is InChI=1S/C25H28FN3O5/c1-28(24(31)10-16-5-6-17-12-23(30)27-21(17)9-16)22(14-29-8-7-19(26)13-29)18-3-2-4-20(11-18)34-15-25(32)33/h2-6,9,11,19,22H,7-8,10,12-15H2,1H3,(H,27,30)(H,32,33)/t19-,22?/m0/s1. The summed E-state index contributed by atoms with van der Waals surface area (Å²) in [5, 5.41) is 11.7. The van der Waals surface area contributed by atoms with Crippen molar-refractivity contribution < 1.29 is 28.6 Å². The Hall–Kier alpha value is -3.46. The second-order valence-electron chi connectivity index (χ2n) is 8.81. The first-order valence-corrected chi connectivity index (χ1v) is 11.3. The van der Waals surface area contributed by atoms with Crippen LogP contribution in [-0.2, 0) is 27.2 Å². The normalized spacial score (nSPS) is 18.3. The number of benzene rings is 2. The van der Waals surface area contributed by atoms with Crippen molar-refractivity contribution in [3.8, 4) is 5.75 Å². The van der Waals surface area contributed by atoms with E-state index in [1.165, 1.54) is 0 Å². The Morgan fingerprint density at radius 2 is 2.12 bits per heavy atom. The number of likely N-dealkylation sites (tertiary alicyclic amines) is 1. The maximum Gasteiger partial charge on any atom is 0.341 e. The summed E-state index contributed by atoms with van der Waals surface area (Å²) in [6.45, 7) is 0.913. The topological polar surface area (TPSA) is 99.2 Å². The first kappa shape index (κ1) is 23.7. The highest BCUT2D eigenvalue weighted by molar-refractivity contribution is 5.99. The van der Waals surface area contributed by atoms with Crippen molar-refractivity contribution in [3.05, 3.63) is 59.2 Å². The molecule has 2 aliphatic heterocycles. The third-order valence-electron chi connectivity index (χ3n) is 6.27. The SMILES string of the molecule is CN(C(=O)Cc1ccc2c(c1)NC(=O)C2)C(CN1CC[C@H](F)C1)c1cccc(OCC(=O)O)c1. The number of carboxylic acids is 1. The number of fused-ring (bicyclic) bond motifs is 1. The lowest BCUT2D eigenvalue weighted by atomic mass is 10.0. The summed E-state index contributed by atoms with van der Waals surface area (Å²) in [5.74, 6) is -0.865. The Balaban J connectivity index is 1.52. The molecule has 1 unspecified atom stereocenters. The quantitative estimate of drug-likeness (QED) is 0.585. The summed E-state index contributed by atoms with van der Waals surface area (Å²) < 4.78 is 19.1. The van der Waals surface area contributed by atoms with Crippen LogP contribution < -0.4 is 10.1 Å². The molecule has 2 aromatic rings. The van der Waals surface area contributed by atoms with E-state index < -0.39 is 18.7 Å². The number of hydrogen-bond acceptors (Lipinski definition) is 5. The molecule has 34 heavy (non-hydrogen) atoms.